The summed E-state index contributed by atoms with van der Waals surface area (Å²) in [5.74, 6) is 0.0763. The molecule has 0 aromatic heterocycles. The first-order valence-electron chi connectivity index (χ1n) is 5.58. The van der Waals surface area contributed by atoms with Gasteiger partial charge in [-0.25, -0.2) is 0 Å². The zero-order chi connectivity index (χ0) is 10.7. The molecule has 2 saturated heterocycles. The van der Waals surface area contributed by atoms with Crippen LogP contribution in [0.15, 0.2) is 0 Å². The van der Waals surface area contributed by atoms with Gasteiger partial charge in [0.1, 0.15) is 0 Å². The van der Waals surface area contributed by atoms with E-state index in [0.717, 1.165) is 32.6 Å². The Bertz CT molecular complexity index is 229. The first-order chi connectivity index (χ1) is 7.31. The van der Waals surface area contributed by atoms with Gasteiger partial charge in [0.2, 0.25) is 0 Å². The maximum absolute atomic E-state index is 12.0. The second-order valence-electron chi connectivity index (χ2n) is 3.87. The summed E-state index contributed by atoms with van der Waals surface area (Å²) in [7, 11) is 0. The van der Waals surface area contributed by atoms with Crippen molar-refractivity contribution < 1.29 is 14.3 Å². The van der Waals surface area contributed by atoms with Crippen LogP contribution in [-0.2, 0) is 14.3 Å². The van der Waals surface area contributed by atoms with Gasteiger partial charge in [-0.1, -0.05) is 6.92 Å². The lowest BCUT2D eigenvalue weighted by Gasteiger charge is -2.29. The minimum Gasteiger partial charge on any atom is -0.349 e. The number of rotatable bonds is 2. The molecule has 5 nitrogen and oxygen atoms in total. The average Bonchev–Trinajstić information content (AvgIpc) is 2.78. The van der Waals surface area contributed by atoms with E-state index in [9.17, 15) is 4.79 Å². The van der Waals surface area contributed by atoms with Crippen LogP contribution >= 0.6 is 0 Å². The number of hydrogen-bond acceptors (Lipinski definition) is 4. The lowest BCUT2D eigenvalue weighted by atomic mass is 10.3. The molecular formula is C10H18N2O3. The summed E-state index contributed by atoms with van der Waals surface area (Å²) >= 11 is 0. The molecule has 2 fully saturated rings. The van der Waals surface area contributed by atoms with Crippen molar-refractivity contribution in [1.29, 1.82) is 0 Å². The highest BCUT2D eigenvalue weighted by molar-refractivity contribution is 5.81. The van der Waals surface area contributed by atoms with E-state index in [1.54, 1.807) is 0 Å². The summed E-state index contributed by atoms with van der Waals surface area (Å²) in [5.41, 5.74) is 0. The fourth-order valence-corrected chi connectivity index (χ4v) is 1.89. The molecular weight excluding hydrogens is 196 g/mol. The van der Waals surface area contributed by atoms with Crippen molar-refractivity contribution in [1.82, 2.24) is 10.2 Å². The van der Waals surface area contributed by atoms with Crippen molar-refractivity contribution >= 4 is 5.91 Å². The fourth-order valence-electron chi connectivity index (χ4n) is 1.89. The monoisotopic (exact) mass is 214 g/mol. The van der Waals surface area contributed by atoms with Crippen LogP contribution in [0, 0.1) is 0 Å². The number of piperazine rings is 1. The number of amides is 1. The molecule has 0 saturated carbocycles. The van der Waals surface area contributed by atoms with Crippen LogP contribution in [0.2, 0.25) is 0 Å². The van der Waals surface area contributed by atoms with E-state index in [2.05, 4.69) is 5.32 Å². The summed E-state index contributed by atoms with van der Waals surface area (Å²) < 4.78 is 10.8. The highest BCUT2D eigenvalue weighted by atomic mass is 16.7. The SMILES string of the molecule is CCC1OCC(C(=O)N2CCNCC2)O1. The maximum Gasteiger partial charge on any atom is 0.254 e. The summed E-state index contributed by atoms with van der Waals surface area (Å²) in [6.45, 7) is 5.68. The Morgan fingerprint density at radius 3 is 2.80 bits per heavy atom. The number of carbonyl (C=O) groups excluding carboxylic acids is 1. The van der Waals surface area contributed by atoms with Crippen molar-refractivity contribution in [2.24, 2.45) is 0 Å². The smallest absolute Gasteiger partial charge is 0.254 e. The van der Waals surface area contributed by atoms with E-state index in [1.807, 2.05) is 11.8 Å². The molecule has 0 bridgehead atoms. The molecule has 2 rings (SSSR count). The van der Waals surface area contributed by atoms with Gasteiger partial charge in [0.25, 0.3) is 5.91 Å². The van der Waals surface area contributed by atoms with Gasteiger partial charge in [-0.2, -0.15) is 0 Å². The van der Waals surface area contributed by atoms with Crippen molar-refractivity contribution in [2.75, 3.05) is 32.8 Å². The van der Waals surface area contributed by atoms with Crippen molar-refractivity contribution in [3.05, 3.63) is 0 Å². The Balaban J connectivity index is 1.85. The highest BCUT2D eigenvalue weighted by Gasteiger charge is 2.33. The van der Waals surface area contributed by atoms with Crippen LogP contribution < -0.4 is 5.32 Å². The molecule has 2 unspecified atom stereocenters. The maximum atomic E-state index is 12.0. The van der Waals surface area contributed by atoms with Crippen molar-refractivity contribution in [2.45, 2.75) is 25.7 Å². The summed E-state index contributed by atoms with van der Waals surface area (Å²) in [6, 6.07) is 0. The molecule has 1 amide bonds. The van der Waals surface area contributed by atoms with Crippen LogP contribution in [0.3, 0.4) is 0 Å². The summed E-state index contributed by atoms with van der Waals surface area (Å²) in [6.07, 6.45) is 0.223. The third-order valence-electron chi connectivity index (χ3n) is 2.79. The number of carbonyl (C=O) groups is 1. The number of nitrogens with one attached hydrogen (secondary N) is 1. The molecule has 0 aromatic rings. The molecule has 2 atom stereocenters. The van der Waals surface area contributed by atoms with Gasteiger partial charge >= 0.3 is 0 Å². The van der Waals surface area contributed by atoms with Gasteiger partial charge in [0, 0.05) is 26.2 Å². The Hall–Kier alpha value is -0.650. The van der Waals surface area contributed by atoms with Gasteiger partial charge < -0.3 is 19.7 Å². The number of nitrogens with zero attached hydrogens (tertiary/aromatic N) is 1. The first kappa shape index (κ1) is 10.9. The summed E-state index contributed by atoms with van der Waals surface area (Å²) in [4.78, 5) is 13.8. The molecule has 0 aromatic carbocycles. The number of hydrogen-bond donors (Lipinski definition) is 1. The Labute approximate surface area is 89.7 Å². The highest BCUT2D eigenvalue weighted by Crippen LogP contribution is 2.16. The van der Waals surface area contributed by atoms with Gasteiger partial charge in [-0.15, -0.1) is 0 Å². The van der Waals surface area contributed by atoms with Crippen LogP contribution in [-0.4, -0.2) is 56.0 Å². The van der Waals surface area contributed by atoms with E-state index in [-0.39, 0.29) is 18.3 Å². The third-order valence-corrected chi connectivity index (χ3v) is 2.79. The second kappa shape index (κ2) is 4.92. The molecule has 0 radical (unpaired) electrons. The van der Waals surface area contributed by atoms with E-state index in [0.29, 0.717) is 6.61 Å². The zero-order valence-electron chi connectivity index (χ0n) is 9.07. The van der Waals surface area contributed by atoms with E-state index >= 15 is 0 Å². The molecule has 86 valence electrons. The fraction of sp³-hybridized carbons (Fsp3) is 0.900. The Morgan fingerprint density at radius 2 is 2.20 bits per heavy atom. The van der Waals surface area contributed by atoms with Gasteiger partial charge in [0.05, 0.1) is 6.61 Å². The standard InChI is InChI=1S/C10H18N2O3/c1-2-9-14-7-8(15-9)10(13)12-5-3-11-4-6-12/h8-9,11H,2-7H2,1H3. The number of ether oxygens (including phenoxy) is 2. The molecule has 0 aliphatic carbocycles. The van der Waals surface area contributed by atoms with Crippen molar-refractivity contribution in [3.63, 3.8) is 0 Å². The third kappa shape index (κ3) is 2.48. The average molecular weight is 214 g/mol. The van der Waals surface area contributed by atoms with Gasteiger partial charge in [-0.3, -0.25) is 4.79 Å². The molecule has 2 aliphatic heterocycles. The minimum absolute atomic E-state index is 0.0763. The molecule has 15 heavy (non-hydrogen) atoms. The minimum atomic E-state index is -0.381. The normalized spacial score (nSPS) is 31.9. The second-order valence-corrected chi connectivity index (χ2v) is 3.87. The van der Waals surface area contributed by atoms with Crippen LogP contribution in [0.4, 0.5) is 0 Å². The molecule has 5 heteroatoms. The van der Waals surface area contributed by atoms with Crippen molar-refractivity contribution in [3.8, 4) is 0 Å². The molecule has 2 heterocycles. The zero-order valence-corrected chi connectivity index (χ0v) is 9.07. The Morgan fingerprint density at radius 1 is 1.47 bits per heavy atom. The lowest BCUT2D eigenvalue weighted by Crippen LogP contribution is -2.50. The Kier molecular flexibility index (Phi) is 3.56. The van der Waals surface area contributed by atoms with Gasteiger partial charge in [-0.05, 0) is 6.42 Å². The van der Waals surface area contributed by atoms with E-state index in [4.69, 9.17) is 9.47 Å². The molecule has 0 spiro atoms. The molecule has 2 aliphatic rings. The van der Waals surface area contributed by atoms with E-state index in [1.165, 1.54) is 0 Å². The van der Waals surface area contributed by atoms with Gasteiger partial charge in [0.15, 0.2) is 12.4 Å². The quantitative estimate of drug-likeness (QED) is 0.677. The van der Waals surface area contributed by atoms with Crippen LogP contribution in [0.25, 0.3) is 0 Å². The predicted octanol–water partition coefficient (Wildman–Crippen LogP) is -0.430. The predicted molar refractivity (Wildman–Crippen MR) is 54.4 cm³/mol. The first-order valence-corrected chi connectivity index (χ1v) is 5.58. The van der Waals surface area contributed by atoms with Crippen LogP contribution in [0.1, 0.15) is 13.3 Å². The molecule has 1 N–H and O–H groups in total. The lowest BCUT2D eigenvalue weighted by molar-refractivity contribution is -0.144. The van der Waals surface area contributed by atoms with Crippen LogP contribution in [0.5, 0.6) is 0 Å². The topological polar surface area (TPSA) is 50.8 Å². The summed E-state index contributed by atoms with van der Waals surface area (Å²) in [5, 5.41) is 3.21. The largest absolute Gasteiger partial charge is 0.349 e. The van der Waals surface area contributed by atoms with E-state index < -0.39 is 0 Å².